The molecule has 0 saturated heterocycles. The molecule has 0 spiro atoms. The van der Waals surface area contributed by atoms with Gasteiger partial charge in [0.05, 0.1) is 23.0 Å². The van der Waals surface area contributed by atoms with Crippen molar-refractivity contribution >= 4 is 21.9 Å². The number of hydrogen-bond donors (Lipinski definition) is 1. The van der Waals surface area contributed by atoms with E-state index in [0.717, 1.165) is 10.2 Å². The second kappa shape index (κ2) is 6.91. The molecular weight excluding hydrogens is 382 g/mol. The second-order valence-corrected chi connectivity index (χ2v) is 6.33. The zero-order valence-electron chi connectivity index (χ0n) is 13.4. The lowest BCUT2D eigenvalue weighted by atomic mass is 10.0. The van der Waals surface area contributed by atoms with Crippen LogP contribution in [0.15, 0.2) is 53.0 Å². The molecule has 0 amide bonds. The molecule has 5 nitrogen and oxygen atoms in total. The van der Waals surface area contributed by atoms with Gasteiger partial charge in [-0.1, -0.05) is 41.1 Å². The lowest BCUT2D eigenvalue weighted by molar-refractivity contribution is 0.0696. The van der Waals surface area contributed by atoms with Crippen molar-refractivity contribution < 1.29 is 9.90 Å². The molecule has 1 N–H and O–H groups in total. The highest BCUT2D eigenvalue weighted by molar-refractivity contribution is 9.10. The standard InChI is InChI=1S/C19H14BrN3O2/c1-2-16-17(19(24)25)18(13-6-3-5-12(9-13)11-21)22-23(16)15-8-4-7-14(20)10-15/h3-10H,2H2,1H3,(H,24,25). The van der Waals surface area contributed by atoms with Crippen LogP contribution in [0, 0.1) is 11.3 Å². The molecule has 3 aromatic rings. The predicted molar refractivity (Wildman–Crippen MR) is 97.8 cm³/mol. The Hall–Kier alpha value is -2.91. The molecule has 0 unspecified atom stereocenters. The number of aromatic carboxylic acids is 1. The third-order valence-electron chi connectivity index (χ3n) is 3.85. The average Bonchev–Trinajstić information content (AvgIpc) is 3.01. The van der Waals surface area contributed by atoms with Gasteiger partial charge in [-0.3, -0.25) is 0 Å². The third kappa shape index (κ3) is 3.19. The molecule has 25 heavy (non-hydrogen) atoms. The minimum Gasteiger partial charge on any atom is -0.478 e. The summed E-state index contributed by atoms with van der Waals surface area (Å²) in [4.78, 5) is 11.9. The van der Waals surface area contributed by atoms with Crippen LogP contribution < -0.4 is 0 Å². The van der Waals surface area contributed by atoms with E-state index in [9.17, 15) is 9.90 Å². The maximum Gasteiger partial charge on any atom is 0.339 e. The summed E-state index contributed by atoms with van der Waals surface area (Å²) in [7, 11) is 0. The van der Waals surface area contributed by atoms with Gasteiger partial charge >= 0.3 is 5.97 Å². The van der Waals surface area contributed by atoms with Gasteiger partial charge in [0, 0.05) is 10.0 Å². The van der Waals surface area contributed by atoms with E-state index in [4.69, 9.17) is 5.26 Å². The first kappa shape index (κ1) is 16.9. The molecule has 0 atom stereocenters. The first-order chi connectivity index (χ1) is 12.0. The number of nitriles is 1. The van der Waals surface area contributed by atoms with Gasteiger partial charge in [0.25, 0.3) is 0 Å². The number of carboxylic acid groups (broad SMARTS) is 1. The van der Waals surface area contributed by atoms with Crippen molar-refractivity contribution in [1.82, 2.24) is 9.78 Å². The normalized spacial score (nSPS) is 10.4. The fraction of sp³-hybridized carbons (Fsp3) is 0.105. The zero-order chi connectivity index (χ0) is 18.0. The summed E-state index contributed by atoms with van der Waals surface area (Å²) in [5.74, 6) is -1.03. The first-order valence-corrected chi connectivity index (χ1v) is 8.46. The lowest BCUT2D eigenvalue weighted by Gasteiger charge is -2.06. The van der Waals surface area contributed by atoms with E-state index >= 15 is 0 Å². The van der Waals surface area contributed by atoms with Crippen molar-refractivity contribution in [2.75, 3.05) is 0 Å². The number of benzene rings is 2. The van der Waals surface area contributed by atoms with E-state index in [1.54, 1.807) is 28.9 Å². The topological polar surface area (TPSA) is 78.9 Å². The molecule has 0 saturated carbocycles. The van der Waals surface area contributed by atoms with Crippen molar-refractivity contribution in [3.8, 4) is 23.0 Å². The van der Waals surface area contributed by atoms with Crippen molar-refractivity contribution in [2.45, 2.75) is 13.3 Å². The highest BCUT2D eigenvalue weighted by atomic mass is 79.9. The Kier molecular flexibility index (Phi) is 4.68. The van der Waals surface area contributed by atoms with Gasteiger partial charge in [-0.2, -0.15) is 10.4 Å². The number of carbonyl (C=O) groups is 1. The van der Waals surface area contributed by atoms with Crippen LogP contribution in [0.5, 0.6) is 0 Å². The van der Waals surface area contributed by atoms with Gasteiger partial charge in [0.2, 0.25) is 0 Å². The summed E-state index contributed by atoms with van der Waals surface area (Å²) in [6.45, 7) is 1.90. The van der Waals surface area contributed by atoms with E-state index in [1.165, 1.54) is 0 Å². The Bertz CT molecular complexity index is 1000. The Labute approximate surface area is 153 Å². The molecule has 0 bridgehead atoms. The fourth-order valence-electron chi connectivity index (χ4n) is 2.76. The summed E-state index contributed by atoms with van der Waals surface area (Å²) in [5, 5.41) is 23.4. The van der Waals surface area contributed by atoms with Gasteiger partial charge in [-0.25, -0.2) is 9.48 Å². The molecule has 124 valence electrons. The van der Waals surface area contributed by atoms with Crippen LogP contribution in [0.3, 0.4) is 0 Å². The van der Waals surface area contributed by atoms with Gasteiger partial charge in [-0.15, -0.1) is 0 Å². The molecule has 2 aromatic carbocycles. The Morgan fingerprint density at radius 1 is 1.28 bits per heavy atom. The van der Waals surface area contributed by atoms with E-state index in [0.29, 0.717) is 28.9 Å². The van der Waals surface area contributed by atoms with Crippen LogP contribution in [-0.2, 0) is 6.42 Å². The van der Waals surface area contributed by atoms with E-state index < -0.39 is 5.97 Å². The molecule has 0 fully saturated rings. The van der Waals surface area contributed by atoms with Crippen molar-refractivity contribution in [2.24, 2.45) is 0 Å². The second-order valence-electron chi connectivity index (χ2n) is 5.41. The van der Waals surface area contributed by atoms with Gasteiger partial charge < -0.3 is 5.11 Å². The van der Waals surface area contributed by atoms with E-state index in [2.05, 4.69) is 27.1 Å². The summed E-state index contributed by atoms with van der Waals surface area (Å²) in [6, 6.07) is 16.4. The smallest absolute Gasteiger partial charge is 0.339 e. The largest absolute Gasteiger partial charge is 0.478 e. The molecule has 6 heteroatoms. The molecule has 0 radical (unpaired) electrons. The van der Waals surface area contributed by atoms with Crippen LogP contribution in [-0.4, -0.2) is 20.9 Å². The number of nitrogens with zero attached hydrogens (tertiary/aromatic N) is 3. The molecule has 0 aliphatic rings. The molecule has 0 aliphatic carbocycles. The van der Waals surface area contributed by atoms with Crippen molar-refractivity contribution in [3.05, 3.63) is 69.8 Å². The zero-order valence-corrected chi connectivity index (χ0v) is 15.0. The quantitative estimate of drug-likeness (QED) is 0.708. The highest BCUT2D eigenvalue weighted by Crippen LogP contribution is 2.29. The molecule has 3 rings (SSSR count). The highest BCUT2D eigenvalue weighted by Gasteiger charge is 2.24. The van der Waals surface area contributed by atoms with Crippen LogP contribution >= 0.6 is 15.9 Å². The van der Waals surface area contributed by atoms with Gasteiger partial charge in [-0.05, 0) is 36.8 Å². The van der Waals surface area contributed by atoms with Gasteiger partial charge in [0.15, 0.2) is 0 Å². The van der Waals surface area contributed by atoms with Crippen LogP contribution in [0.2, 0.25) is 0 Å². The molecule has 0 aliphatic heterocycles. The fourth-order valence-corrected chi connectivity index (χ4v) is 3.15. The SMILES string of the molecule is CCc1c(C(=O)O)c(-c2cccc(C#N)c2)nn1-c1cccc(Br)c1. The monoisotopic (exact) mass is 395 g/mol. The van der Waals surface area contributed by atoms with Gasteiger partial charge in [0.1, 0.15) is 11.3 Å². The first-order valence-electron chi connectivity index (χ1n) is 7.66. The van der Waals surface area contributed by atoms with Crippen LogP contribution in [0.1, 0.15) is 28.5 Å². The minimum atomic E-state index is -1.03. The Morgan fingerprint density at radius 2 is 2.04 bits per heavy atom. The number of hydrogen-bond acceptors (Lipinski definition) is 3. The average molecular weight is 396 g/mol. The van der Waals surface area contributed by atoms with Crippen molar-refractivity contribution in [3.63, 3.8) is 0 Å². The maximum atomic E-state index is 11.9. The summed E-state index contributed by atoms with van der Waals surface area (Å²) in [6.07, 6.45) is 0.513. The molecular formula is C19H14BrN3O2. The Morgan fingerprint density at radius 3 is 2.68 bits per heavy atom. The molecule has 1 aromatic heterocycles. The molecule has 1 heterocycles. The maximum absolute atomic E-state index is 11.9. The third-order valence-corrected chi connectivity index (χ3v) is 4.34. The van der Waals surface area contributed by atoms with Crippen molar-refractivity contribution in [1.29, 1.82) is 5.26 Å². The predicted octanol–water partition coefficient (Wildman–Crippen LogP) is 4.43. The van der Waals surface area contributed by atoms with Crippen LogP contribution in [0.4, 0.5) is 0 Å². The Balaban J connectivity index is 2.29. The number of halogens is 1. The number of rotatable bonds is 4. The lowest BCUT2D eigenvalue weighted by Crippen LogP contribution is -2.05. The summed E-state index contributed by atoms with van der Waals surface area (Å²) >= 11 is 3.43. The summed E-state index contributed by atoms with van der Waals surface area (Å²) in [5.41, 5.74) is 2.99. The van der Waals surface area contributed by atoms with Crippen LogP contribution in [0.25, 0.3) is 16.9 Å². The number of carboxylic acids is 1. The minimum absolute atomic E-state index is 0.164. The van der Waals surface area contributed by atoms with E-state index in [-0.39, 0.29) is 5.56 Å². The summed E-state index contributed by atoms with van der Waals surface area (Å²) < 4.78 is 2.54. The van der Waals surface area contributed by atoms with E-state index in [1.807, 2.05) is 31.2 Å². The number of aromatic nitrogens is 2.